The smallest absolute Gasteiger partial charge is 0.228 e. The van der Waals surface area contributed by atoms with E-state index < -0.39 is 5.91 Å². The summed E-state index contributed by atoms with van der Waals surface area (Å²) in [6, 6.07) is 10.5. The van der Waals surface area contributed by atoms with Crippen molar-refractivity contribution in [1.29, 1.82) is 0 Å². The summed E-state index contributed by atoms with van der Waals surface area (Å²) >= 11 is 3.50. The van der Waals surface area contributed by atoms with Crippen LogP contribution >= 0.6 is 15.9 Å². The zero-order valence-corrected chi connectivity index (χ0v) is 18.1. The number of hydrogen-bond acceptors (Lipinski definition) is 5. The highest BCUT2D eigenvalue weighted by molar-refractivity contribution is 9.10. The Morgan fingerprint density at radius 3 is 2.21 bits per heavy atom. The molecule has 0 aliphatic carbocycles. The van der Waals surface area contributed by atoms with Gasteiger partial charge in [0.05, 0.1) is 32.7 Å². The second-order valence-electron chi connectivity index (χ2n) is 6.07. The van der Waals surface area contributed by atoms with Crippen molar-refractivity contribution in [3.8, 4) is 17.2 Å². The van der Waals surface area contributed by atoms with Gasteiger partial charge < -0.3 is 25.3 Å². The summed E-state index contributed by atoms with van der Waals surface area (Å²) < 4.78 is 17.4. The second-order valence-corrected chi connectivity index (χ2v) is 6.92. The number of hydrogen-bond donors (Lipinski definition) is 2. The first-order chi connectivity index (χ1) is 13.9. The van der Waals surface area contributed by atoms with Crippen LogP contribution in [0.25, 0.3) is 0 Å². The SMILES string of the molecule is CCOc1cc(Br)c(CC(=O)Nc2ccc(OCCC(N)=O)cc2)cc1OCC. The molecule has 2 aromatic rings. The zero-order chi connectivity index (χ0) is 21.2. The Morgan fingerprint density at radius 2 is 1.62 bits per heavy atom. The average molecular weight is 465 g/mol. The lowest BCUT2D eigenvalue weighted by molar-refractivity contribution is -0.118. The van der Waals surface area contributed by atoms with Crippen LogP contribution in [0.3, 0.4) is 0 Å². The van der Waals surface area contributed by atoms with Crippen molar-refractivity contribution in [3.05, 3.63) is 46.4 Å². The van der Waals surface area contributed by atoms with Gasteiger partial charge in [0.1, 0.15) is 5.75 Å². The summed E-state index contributed by atoms with van der Waals surface area (Å²) in [5.41, 5.74) is 6.51. The number of rotatable bonds is 11. The Morgan fingerprint density at radius 1 is 1.00 bits per heavy atom. The predicted molar refractivity (Wildman–Crippen MR) is 115 cm³/mol. The number of ether oxygens (including phenoxy) is 3. The summed E-state index contributed by atoms with van der Waals surface area (Å²) in [5, 5.41) is 2.85. The lowest BCUT2D eigenvalue weighted by Gasteiger charge is -2.14. The normalized spacial score (nSPS) is 10.3. The van der Waals surface area contributed by atoms with E-state index in [0.29, 0.717) is 36.1 Å². The van der Waals surface area contributed by atoms with E-state index in [1.165, 1.54) is 0 Å². The Labute approximate surface area is 178 Å². The molecule has 2 aromatic carbocycles. The molecule has 0 bridgehead atoms. The van der Waals surface area contributed by atoms with Crippen LogP contribution in [0, 0.1) is 0 Å². The highest BCUT2D eigenvalue weighted by Gasteiger charge is 2.14. The molecule has 0 saturated heterocycles. The van der Waals surface area contributed by atoms with Crippen molar-refractivity contribution in [2.45, 2.75) is 26.7 Å². The van der Waals surface area contributed by atoms with Crippen molar-refractivity contribution < 1.29 is 23.8 Å². The number of carbonyl (C=O) groups is 2. The Kier molecular flexibility index (Phi) is 8.79. The molecular formula is C21H25BrN2O5. The van der Waals surface area contributed by atoms with Crippen molar-refractivity contribution in [1.82, 2.24) is 0 Å². The first kappa shape index (κ1) is 22.5. The monoisotopic (exact) mass is 464 g/mol. The molecule has 0 spiro atoms. The van der Waals surface area contributed by atoms with Crippen LogP contribution < -0.4 is 25.3 Å². The van der Waals surface area contributed by atoms with E-state index >= 15 is 0 Å². The average Bonchev–Trinajstić information content (AvgIpc) is 2.67. The van der Waals surface area contributed by atoms with E-state index in [1.54, 1.807) is 24.3 Å². The fourth-order valence-corrected chi connectivity index (χ4v) is 2.99. The third kappa shape index (κ3) is 7.30. The first-order valence-corrected chi connectivity index (χ1v) is 10.1. The van der Waals surface area contributed by atoms with Crippen LogP contribution in [-0.4, -0.2) is 31.6 Å². The molecule has 0 aromatic heterocycles. The molecule has 0 atom stereocenters. The standard InChI is InChI=1S/C21H25BrN2O5/c1-3-27-18-11-14(17(22)13-19(18)28-4-2)12-21(26)24-15-5-7-16(8-6-15)29-10-9-20(23)25/h5-8,11,13H,3-4,9-10,12H2,1-2H3,(H2,23,25)(H,24,26). The van der Waals surface area contributed by atoms with Crippen LogP contribution in [0.4, 0.5) is 5.69 Å². The number of nitrogens with two attached hydrogens (primary N) is 1. The molecule has 7 nitrogen and oxygen atoms in total. The maximum Gasteiger partial charge on any atom is 0.228 e. The van der Waals surface area contributed by atoms with Gasteiger partial charge in [0, 0.05) is 10.2 Å². The minimum absolute atomic E-state index is 0.152. The number of benzene rings is 2. The van der Waals surface area contributed by atoms with E-state index in [4.69, 9.17) is 19.9 Å². The molecular weight excluding hydrogens is 440 g/mol. The Bertz CT molecular complexity index is 840. The minimum Gasteiger partial charge on any atom is -0.493 e. The molecule has 2 rings (SSSR count). The van der Waals surface area contributed by atoms with Gasteiger partial charge >= 0.3 is 0 Å². The van der Waals surface area contributed by atoms with Gasteiger partial charge in [0.15, 0.2) is 11.5 Å². The van der Waals surface area contributed by atoms with Crippen molar-refractivity contribution >= 4 is 33.4 Å². The lowest BCUT2D eigenvalue weighted by Crippen LogP contribution is -2.15. The Balaban J connectivity index is 1.99. The van der Waals surface area contributed by atoms with Gasteiger partial charge in [-0.3, -0.25) is 9.59 Å². The van der Waals surface area contributed by atoms with Crippen molar-refractivity contribution in [3.63, 3.8) is 0 Å². The molecule has 0 saturated carbocycles. The summed E-state index contributed by atoms with van der Waals surface area (Å²) in [7, 11) is 0. The van der Waals surface area contributed by atoms with Crippen LogP contribution in [0.15, 0.2) is 40.9 Å². The maximum absolute atomic E-state index is 12.5. The van der Waals surface area contributed by atoms with Crippen molar-refractivity contribution in [2.75, 3.05) is 25.1 Å². The van der Waals surface area contributed by atoms with Crippen molar-refractivity contribution in [2.24, 2.45) is 5.73 Å². The number of primary amides is 1. The van der Waals surface area contributed by atoms with E-state index in [-0.39, 0.29) is 25.4 Å². The van der Waals surface area contributed by atoms with Gasteiger partial charge in [0.25, 0.3) is 0 Å². The van der Waals surface area contributed by atoms with Crippen LogP contribution in [0.1, 0.15) is 25.8 Å². The molecule has 8 heteroatoms. The minimum atomic E-state index is -0.415. The van der Waals surface area contributed by atoms with Gasteiger partial charge in [-0.1, -0.05) is 15.9 Å². The fourth-order valence-electron chi connectivity index (χ4n) is 2.53. The van der Waals surface area contributed by atoms with Gasteiger partial charge in [-0.05, 0) is 55.8 Å². The van der Waals surface area contributed by atoms with Gasteiger partial charge in [-0.15, -0.1) is 0 Å². The van der Waals surface area contributed by atoms with E-state index in [1.807, 2.05) is 26.0 Å². The second kappa shape index (κ2) is 11.3. The van der Waals surface area contributed by atoms with Gasteiger partial charge in [0.2, 0.25) is 11.8 Å². The summed E-state index contributed by atoms with van der Waals surface area (Å²) in [5.74, 6) is 1.26. The molecule has 29 heavy (non-hydrogen) atoms. The highest BCUT2D eigenvalue weighted by atomic mass is 79.9. The molecule has 0 unspecified atom stereocenters. The van der Waals surface area contributed by atoms with Gasteiger partial charge in [-0.2, -0.15) is 0 Å². The molecule has 2 amide bonds. The topological polar surface area (TPSA) is 99.9 Å². The summed E-state index contributed by atoms with van der Waals surface area (Å²) in [4.78, 5) is 23.2. The van der Waals surface area contributed by atoms with Crippen LogP contribution in [-0.2, 0) is 16.0 Å². The molecule has 0 aliphatic heterocycles. The maximum atomic E-state index is 12.5. The van der Waals surface area contributed by atoms with Gasteiger partial charge in [-0.25, -0.2) is 0 Å². The summed E-state index contributed by atoms with van der Waals surface area (Å²) in [6.45, 7) is 5.04. The van der Waals surface area contributed by atoms with E-state index in [0.717, 1.165) is 10.0 Å². The van der Waals surface area contributed by atoms with E-state index in [2.05, 4.69) is 21.2 Å². The van der Waals surface area contributed by atoms with Crippen LogP contribution in [0.5, 0.6) is 17.2 Å². The fraction of sp³-hybridized carbons (Fsp3) is 0.333. The highest BCUT2D eigenvalue weighted by Crippen LogP contribution is 2.34. The molecule has 0 radical (unpaired) electrons. The quantitative estimate of drug-likeness (QED) is 0.528. The summed E-state index contributed by atoms with van der Waals surface area (Å²) in [6.07, 6.45) is 0.323. The third-order valence-corrected chi connectivity index (χ3v) is 4.56. The van der Waals surface area contributed by atoms with E-state index in [9.17, 15) is 9.59 Å². The number of nitrogens with one attached hydrogen (secondary N) is 1. The van der Waals surface area contributed by atoms with Crippen LogP contribution in [0.2, 0.25) is 0 Å². The number of carbonyl (C=O) groups excluding carboxylic acids is 2. The number of anilines is 1. The Hall–Kier alpha value is -2.74. The molecule has 3 N–H and O–H groups in total. The molecule has 0 fully saturated rings. The molecule has 156 valence electrons. The third-order valence-electron chi connectivity index (χ3n) is 3.82. The molecule has 0 aliphatic rings. The predicted octanol–water partition coefficient (Wildman–Crippen LogP) is 3.68. The largest absolute Gasteiger partial charge is 0.493 e. The first-order valence-electron chi connectivity index (χ1n) is 9.32. The lowest BCUT2D eigenvalue weighted by atomic mass is 10.1. The molecule has 0 heterocycles. The zero-order valence-electron chi connectivity index (χ0n) is 16.5. The number of halogens is 1. The number of amides is 2.